The Kier molecular flexibility index (Phi) is 8.35. The van der Waals surface area contributed by atoms with Crippen molar-refractivity contribution in [3.05, 3.63) is 11.6 Å². The Bertz CT molecular complexity index is 765. The molecule has 0 fully saturated rings. The summed E-state index contributed by atoms with van der Waals surface area (Å²) < 4.78 is 4.22. The lowest BCUT2D eigenvalue weighted by Crippen LogP contribution is -2.18. The van der Waals surface area contributed by atoms with Gasteiger partial charge in [-0.2, -0.15) is 9.36 Å². The Morgan fingerprint density at radius 3 is 2.52 bits per heavy atom. The van der Waals surface area contributed by atoms with Gasteiger partial charge in [-0.25, -0.2) is 4.98 Å². The monoisotopic (exact) mass is 411 g/mol. The van der Waals surface area contributed by atoms with E-state index in [-0.39, 0.29) is 0 Å². The van der Waals surface area contributed by atoms with Gasteiger partial charge < -0.3 is 20.8 Å². The van der Waals surface area contributed by atoms with Crippen LogP contribution in [0.1, 0.15) is 26.3 Å². The molecule has 11 heteroatoms. The van der Waals surface area contributed by atoms with E-state index in [0.717, 1.165) is 11.3 Å². The molecule has 0 aliphatic rings. The molecule has 0 saturated carbocycles. The van der Waals surface area contributed by atoms with Gasteiger partial charge in [0, 0.05) is 24.6 Å². The Balaban J connectivity index is 2.26. The summed E-state index contributed by atoms with van der Waals surface area (Å²) in [6.45, 7) is 8.02. The molecular weight excluding hydrogens is 386 g/mol. The van der Waals surface area contributed by atoms with E-state index in [1.54, 1.807) is 25.6 Å². The minimum absolute atomic E-state index is 0.324. The fourth-order valence-electron chi connectivity index (χ4n) is 2.03. The maximum absolute atomic E-state index is 9.57. The highest BCUT2D eigenvalue weighted by Crippen LogP contribution is 2.32. The number of aryl methyl sites for hydroxylation is 1. The zero-order valence-electron chi connectivity index (χ0n) is 15.8. The highest BCUT2D eigenvalue weighted by Gasteiger charge is 2.12. The fourth-order valence-corrected chi connectivity index (χ4v) is 3.22. The number of pyridine rings is 1. The summed E-state index contributed by atoms with van der Waals surface area (Å²) in [5.41, 5.74) is 1.42. The Labute approximate surface area is 166 Å². The van der Waals surface area contributed by atoms with Crippen molar-refractivity contribution in [2.24, 2.45) is 10.2 Å². The second-order valence-electron chi connectivity index (χ2n) is 5.97. The molecule has 0 amide bonds. The number of nitrogens with zero attached hydrogens (tertiary/aromatic N) is 5. The third kappa shape index (κ3) is 7.01. The highest BCUT2D eigenvalue weighted by atomic mass is 32.2. The van der Waals surface area contributed by atoms with Crippen molar-refractivity contribution in [1.82, 2.24) is 14.3 Å². The molecule has 27 heavy (non-hydrogen) atoms. The van der Waals surface area contributed by atoms with E-state index >= 15 is 0 Å². The van der Waals surface area contributed by atoms with E-state index in [2.05, 4.69) is 35.2 Å². The molecule has 0 bridgehead atoms. The largest absolute Gasteiger partial charge is 0.392 e. The van der Waals surface area contributed by atoms with E-state index in [1.807, 2.05) is 19.9 Å². The van der Waals surface area contributed by atoms with Gasteiger partial charge in [0.1, 0.15) is 11.5 Å². The van der Waals surface area contributed by atoms with E-state index < -0.39 is 12.2 Å². The van der Waals surface area contributed by atoms with Crippen LogP contribution in [0, 0.1) is 6.92 Å². The van der Waals surface area contributed by atoms with Gasteiger partial charge in [-0.3, -0.25) is 0 Å². The summed E-state index contributed by atoms with van der Waals surface area (Å²) in [5, 5.41) is 34.8. The average molecular weight is 412 g/mol. The molecule has 0 saturated heterocycles. The van der Waals surface area contributed by atoms with Crippen LogP contribution < -0.4 is 10.6 Å². The highest BCUT2D eigenvalue weighted by molar-refractivity contribution is 7.99. The molecule has 2 heterocycles. The topological polar surface area (TPSA) is 128 Å². The summed E-state index contributed by atoms with van der Waals surface area (Å²) >= 11 is 2.74. The zero-order chi connectivity index (χ0) is 19.8. The van der Waals surface area contributed by atoms with Crippen molar-refractivity contribution < 1.29 is 10.2 Å². The van der Waals surface area contributed by atoms with Crippen LogP contribution in [0.25, 0.3) is 0 Å². The number of anilines is 2. The minimum Gasteiger partial charge on any atom is -0.392 e. The van der Waals surface area contributed by atoms with Crippen LogP contribution in [0.2, 0.25) is 0 Å². The first kappa shape index (κ1) is 21.5. The molecule has 0 aliphatic heterocycles. The molecule has 0 spiro atoms. The number of hydrogen-bond acceptors (Lipinski definition) is 11. The number of aliphatic hydroxyl groups excluding tert-OH is 2. The summed E-state index contributed by atoms with van der Waals surface area (Å²) in [7, 11) is 0. The predicted molar refractivity (Wildman–Crippen MR) is 110 cm³/mol. The van der Waals surface area contributed by atoms with Crippen LogP contribution in [0.3, 0.4) is 0 Å². The lowest BCUT2D eigenvalue weighted by Gasteiger charge is -2.14. The molecule has 148 valence electrons. The van der Waals surface area contributed by atoms with Crippen LogP contribution in [0.15, 0.2) is 21.5 Å². The lowest BCUT2D eigenvalue weighted by atomic mass is 10.2. The first-order chi connectivity index (χ1) is 12.9. The summed E-state index contributed by atoms with van der Waals surface area (Å²) in [4.78, 5) is 8.79. The third-order valence-electron chi connectivity index (χ3n) is 3.23. The minimum atomic E-state index is -0.539. The smallest absolute Gasteiger partial charge is 0.250 e. The number of nitrogens with one attached hydrogen (secondary N) is 2. The summed E-state index contributed by atoms with van der Waals surface area (Å²) in [5.74, 6) is 2.00. The number of aliphatic hydroxyl groups is 2. The van der Waals surface area contributed by atoms with Crippen molar-refractivity contribution in [1.29, 1.82) is 0 Å². The van der Waals surface area contributed by atoms with E-state index in [4.69, 9.17) is 0 Å². The van der Waals surface area contributed by atoms with Gasteiger partial charge in [-0.05, 0) is 38.2 Å². The average Bonchev–Trinajstić information content (AvgIpc) is 3.05. The van der Waals surface area contributed by atoms with E-state index in [9.17, 15) is 10.2 Å². The molecule has 9 nitrogen and oxygen atoms in total. The quantitative estimate of drug-likeness (QED) is 0.346. The Morgan fingerprint density at radius 2 is 1.85 bits per heavy atom. The molecule has 4 N–H and O–H groups in total. The molecule has 2 unspecified atom stereocenters. The number of aromatic nitrogens is 3. The van der Waals surface area contributed by atoms with Crippen LogP contribution in [0.5, 0.6) is 0 Å². The first-order valence-corrected chi connectivity index (χ1v) is 10.4. The van der Waals surface area contributed by atoms with Crippen LogP contribution >= 0.6 is 23.3 Å². The van der Waals surface area contributed by atoms with Gasteiger partial charge in [0.25, 0.3) is 0 Å². The van der Waals surface area contributed by atoms with Crippen molar-refractivity contribution in [3.8, 4) is 0 Å². The molecule has 0 aliphatic carbocycles. The predicted octanol–water partition coefficient (Wildman–Crippen LogP) is 3.35. The van der Waals surface area contributed by atoms with E-state index in [0.29, 0.717) is 40.7 Å². The van der Waals surface area contributed by atoms with Gasteiger partial charge in [0.2, 0.25) is 10.3 Å². The number of azo groups is 1. The Hall–Kier alpha value is -1.82. The fraction of sp³-hybridized carbons (Fsp3) is 0.562. The van der Waals surface area contributed by atoms with Crippen molar-refractivity contribution in [2.75, 3.05) is 29.5 Å². The van der Waals surface area contributed by atoms with Crippen LogP contribution in [0.4, 0.5) is 22.5 Å². The van der Waals surface area contributed by atoms with Gasteiger partial charge in [0.05, 0.1) is 12.2 Å². The standard InChI is InChI=1S/C16H25N7O2S2/c1-5-26-16-20-15(27-23-16)22-21-13-9(2)6-12(17-7-10(3)24)19-14(13)18-8-11(4)25/h6,10-11,24-25H,5,7-8H2,1-4H3,(H2,17,18,19). The van der Waals surface area contributed by atoms with Crippen LogP contribution in [-0.2, 0) is 0 Å². The summed E-state index contributed by atoms with van der Waals surface area (Å²) in [6.07, 6.45) is -1.03. The first-order valence-electron chi connectivity index (χ1n) is 8.62. The van der Waals surface area contributed by atoms with Crippen molar-refractivity contribution in [2.45, 2.75) is 45.1 Å². The maximum Gasteiger partial charge on any atom is 0.250 e. The van der Waals surface area contributed by atoms with Gasteiger partial charge in [0.15, 0.2) is 5.82 Å². The molecular formula is C16H25N7O2S2. The second-order valence-corrected chi connectivity index (χ2v) is 7.94. The normalized spacial score (nSPS) is 13.7. The third-order valence-corrected chi connectivity index (χ3v) is 4.68. The van der Waals surface area contributed by atoms with Crippen molar-refractivity contribution >= 4 is 45.7 Å². The number of hydrogen-bond donors (Lipinski definition) is 4. The SMILES string of the molecule is CCSc1nsc(N=Nc2c(C)cc(NCC(C)O)nc2NCC(C)O)n1. The van der Waals surface area contributed by atoms with Gasteiger partial charge in [-0.1, -0.05) is 18.7 Å². The molecule has 0 radical (unpaired) electrons. The lowest BCUT2D eigenvalue weighted by molar-refractivity contribution is 0.208. The summed E-state index contributed by atoms with van der Waals surface area (Å²) in [6, 6.07) is 1.84. The van der Waals surface area contributed by atoms with Crippen LogP contribution in [-0.4, -0.2) is 55.6 Å². The van der Waals surface area contributed by atoms with Gasteiger partial charge >= 0.3 is 0 Å². The number of rotatable bonds is 10. The zero-order valence-corrected chi connectivity index (χ0v) is 17.4. The second kappa shape index (κ2) is 10.5. The van der Waals surface area contributed by atoms with E-state index in [1.165, 1.54) is 11.5 Å². The molecule has 2 aromatic heterocycles. The maximum atomic E-state index is 9.57. The Morgan fingerprint density at radius 1 is 1.15 bits per heavy atom. The van der Waals surface area contributed by atoms with Gasteiger partial charge in [-0.15, -0.1) is 10.2 Å². The molecule has 2 rings (SSSR count). The van der Waals surface area contributed by atoms with Crippen molar-refractivity contribution in [3.63, 3.8) is 0 Å². The molecule has 2 atom stereocenters. The molecule has 2 aromatic rings. The number of thioether (sulfide) groups is 1. The molecule has 0 aromatic carbocycles.